The summed E-state index contributed by atoms with van der Waals surface area (Å²) in [6.07, 6.45) is 0.0331. The minimum absolute atomic E-state index is 0.0331. The van der Waals surface area contributed by atoms with E-state index < -0.39 is 25.6 Å². The molecule has 1 atom stereocenters. The molecule has 1 aliphatic rings. The number of rotatable bonds is 4. The molecule has 0 spiro atoms. The zero-order valence-electron chi connectivity index (χ0n) is 8.45. The highest BCUT2D eigenvalue weighted by Gasteiger charge is 2.26. The minimum Gasteiger partial charge on any atom is -0.369 e. The molecule has 1 aliphatic heterocycles. The number of nitrogens with one attached hydrogen (secondary N) is 2. The van der Waals surface area contributed by atoms with Gasteiger partial charge in [-0.05, 0) is 12.1 Å². The van der Waals surface area contributed by atoms with Crippen LogP contribution in [0.25, 0.3) is 0 Å². The lowest BCUT2D eigenvalue weighted by molar-refractivity contribution is -0.387. The van der Waals surface area contributed by atoms with Crippen LogP contribution in [0.3, 0.4) is 0 Å². The average molecular weight is 259 g/mol. The van der Waals surface area contributed by atoms with Crippen molar-refractivity contribution in [3.63, 3.8) is 0 Å². The number of nitrogens with zero attached hydrogens (tertiary/aromatic N) is 1. The standard InChI is InChI=1S/C8H9N3O5S/c12-11(13)6-2-1-5(10-8-4-9-8)3-7(6)17(14,15)16/h1-3,8-10H,4H2,(H,14,15,16). The first-order chi connectivity index (χ1) is 7.88. The van der Waals surface area contributed by atoms with Gasteiger partial charge in [0.1, 0.15) is 0 Å². The molecule has 1 fully saturated rings. The molecule has 0 saturated carbocycles. The van der Waals surface area contributed by atoms with Crippen molar-refractivity contribution in [2.24, 2.45) is 0 Å². The fraction of sp³-hybridized carbons (Fsp3) is 0.250. The van der Waals surface area contributed by atoms with Gasteiger partial charge in [0.15, 0.2) is 4.90 Å². The molecule has 0 bridgehead atoms. The quantitative estimate of drug-likeness (QED) is 0.304. The van der Waals surface area contributed by atoms with Gasteiger partial charge < -0.3 is 5.32 Å². The average Bonchev–Trinajstić information content (AvgIpc) is 3.00. The second kappa shape index (κ2) is 3.95. The Bertz CT molecular complexity index is 567. The van der Waals surface area contributed by atoms with E-state index in [4.69, 9.17) is 4.55 Å². The fourth-order valence-electron chi connectivity index (χ4n) is 1.32. The van der Waals surface area contributed by atoms with Crippen molar-refractivity contribution in [2.45, 2.75) is 11.1 Å². The molecule has 17 heavy (non-hydrogen) atoms. The first-order valence-electron chi connectivity index (χ1n) is 4.64. The molecule has 2 rings (SSSR count). The lowest BCUT2D eigenvalue weighted by atomic mass is 10.3. The first-order valence-corrected chi connectivity index (χ1v) is 6.08. The van der Waals surface area contributed by atoms with E-state index in [-0.39, 0.29) is 6.17 Å². The number of hydrogen-bond acceptors (Lipinski definition) is 6. The highest BCUT2D eigenvalue weighted by Crippen LogP contribution is 2.27. The summed E-state index contributed by atoms with van der Waals surface area (Å²) < 4.78 is 31.0. The largest absolute Gasteiger partial charge is 0.369 e. The number of nitro benzene ring substituents is 1. The van der Waals surface area contributed by atoms with Crippen LogP contribution >= 0.6 is 0 Å². The number of benzene rings is 1. The Kier molecular flexibility index (Phi) is 2.73. The predicted octanol–water partition coefficient (Wildman–Crippen LogP) is 0.183. The molecule has 0 radical (unpaired) electrons. The molecule has 9 heteroatoms. The molecule has 0 amide bonds. The Morgan fingerprint density at radius 2 is 2.18 bits per heavy atom. The Morgan fingerprint density at radius 1 is 1.53 bits per heavy atom. The summed E-state index contributed by atoms with van der Waals surface area (Å²) in [4.78, 5) is 9.04. The van der Waals surface area contributed by atoms with Crippen LogP contribution in [0.5, 0.6) is 0 Å². The smallest absolute Gasteiger partial charge is 0.301 e. The van der Waals surface area contributed by atoms with Crippen LogP contribution in [0.2, 0.25) is 0 Å². The Balaban J connectivity index is 2.45. The summed E-state index contributed by atoms with van der Waals surface area (Å²) >= 11 is 0. The van der Waals surface area contributed by atoms with Crippen molar-refractivity contribution in [1.82, 2.24) is 5.32 Å². The molecule has 1 unspecified atom stereocenters. The Labute approximate surface area is 96.5 Å². The predicted molar refractivity (Wildman–Crippen MR) is 58.3 cm³/mol. The molecule has 8 nitrogen and oxygen atoms in total. The number of hydrogen-bond donors (Lipinski definition) is 3. The van der Waals surface area contributed by atoms with Gasteiger partial charge in [-0.3, -0.25) is 20.0 Å². The van der Waals surface area contributed by atoms with Gasteiger partial charge in [-0.15, -0.1) is 0 Å². The van der Waals surface area contributed by atoms with E-state index in [0.717, 1.165) is 18.7 Å². The van der Waals surface area contributed by atoms with E-state index in [2.05, 4.69) is 10.6 Å². The summed E-state index contributed by atoms with van der Waals surface area (Å²) in [6, 6.07) is 3.45. The Hall–Kier alpha value is -1.71. The third-order valence-corrected chi connectivity index (χ3v) is 3.07. The second-order valence-electron chi connectivity index (χ2n) is 3.52. The monoisotopic (exact) mass is 259 g/mol. The summed E-state index contributed by atoms with van der Waals surface area (Å²) in [6.45, 7) is 0.734. The third-order valence-electron chi connectivity index (χ3n) is 2.18. The van der Waals surface area contributed by atoms with Gasteiger partial charge >= 0.3 is 10.1 Å². The first kappa shape index (κ1) is 11.8. The maximum absolute atomic E-state index is 11.0. The van der Waals surface area contributed by atoms with Gasteiger partial charge in [0.2, 0.25) is 0 Å². The van der Waals surface area contributed by atoms with Crippen LogP contribution in [0, 0.1) is 10.1 Å². The molecule has 1 saturated heterocycles. The van der Waals surface area contributed by atoms with Crippen LogP contribution in [0.15, 0.2) is 23.1 Å². The molecule has 0 aliphatic carbocycles. The van der Waals surface area contributed by atoms with Gasteiger partial charge in [0, 0.05) is 18.3 Å². The molecule has 1 aromatic rings. The SMILES string of the molecule is O=[N+]([O-])c1ccc(NC2CN2)cc1S(=O)(=O)O. The van der Waals surface area contributed by atoms with Crippen LogP contribution in [0.4, 0.5) is 11.4 Å². The molecular formula is C8H9N3O5S. The van der Waals surface area contributed by atoms with E-state index in [1.165, 1.54) is 6.07 Å². The molecular weight excluding hydrogens is 250 g/mol. The fourth-order valence-corrected chi connectivity index (χ4v) is 2.01. The molecule has 3 N–H and O–H groups in total. The van der Waals surface area contributed by atoms with Gasteiger partial charge in [-0.2, -0.15) is 8.42 Å². The zero-order chi connectivity index (χ0) is 12.6. The van der Waals surface area contributed by atoms with Crippen molar-refractivity contribution in [3.8, 4) is 0 Å². The normalized spacial score (nSPS) is 18.8. The minimum atomic E-state index is -4.62. The van der Waals surface area contributed by atoms with Crippen molar-refractivity contribution < 1.29 is 17.9 Å². The van der Waals surface area contributed by atoms with Gasteiger partial charge in [-0.25, -0.2) is 0 Å². The maximum Gasteiger partial charge on any atom is 0.301 e. The van der Waals surface area contributed by atoms with Gasteiger partial charge in [0.05, 0.1) is 11.1 Å². The van der Waals surface area contributed by atoms with Crippen molar-refractivity contribution in [2.75, 3.05) is 11.9 Å². The summed E-state index contributed by atoms with van der Waals surface area (Å²) in [5, 5.41) is 16.4. The third kappa shape index (κ3) is 2.70. The Morgan fingerprint density at radius 3 is 2.65 bits per heavy atom. The van der Waals surface area contributed by atoms with E-state index >= 15 is 0 Å². The van der Waals surface area contributed by atoms with Crippen molar-refractivity contribution in [3.05, 3.63) is 28.3 Å². The number of nitro groups is 1. The summed E-state index contributed by atoms with van der Waals surface area (Å²) in [5.41, 5.74) is -0.264. The van der Waals surface area contributed by atoms with Crippen LogP contribution in [-0.4, -0.2) is 30.6 Å². The molecule has 92 valence electrons. The van der Waals surface area contributed by atoms with E-state index in [1.807, 2.05) is 0 Å². The summed E-state index contributed by atoms with van der Waals surface area (Å²) in [7, 11) is -4.62. The van der Waals surface area contributed by atoms with Crippen molar-refractivity contribution >= 4 is 21.5 Å². The van der Waals surface area contributed by atoms with E-state index in [9.17, 15) is 18.5 Å². The topological polar surface area (TPSA) is 131 Å². The maximum atomic E-state index is 11.0. The molecule has 1 aromatic carbocycles. The van der Waals surface area contributed by atoms with Gasteiger partial charge in [0.25, 0.3) is 5.69 Å². The highest BCUT2D eigenvalue weighted by molar-refractivity contribution is 7.86. The highest BCUT2D eigenvalue weighted by atomic mass is 32.2. The van der Waals surface area contributed by atoms with Gasteiger partial charge in [-0.1, -0.05) is 0 Å². The number of anilines is 1. The molecule has 0 aromatic heterocycles. The zero-order valence-corrected chi connectivity index (χ0v) is 9.27. The van der Waals surface area contributed by atoms with E-state index in [1.54, 1.807) is 0 Å². The lowest BCUT2D eigenvalue weighted by Crippen LogP contribution is -2.09. The van der Waals surface area contributed by atoms with Crippen LogP contribution in [-0.2, 0) is 10.1 Å². The lowest BCUT2D eigenvalue weighted by Gasteiger charge is -2.05. The molecule has 1 heterocycles. The van der Waals surface area contributed by atoms with E-state index in [0.29, 0.717) is 5.69 Å². The van der Waals surface area contributed by atoms with Crippen molar-refractivity contribution in [1.29, 1.82) is 0 Å². The summed E-state index contributed by atoms with van der Waals surface area (Å²) in [5.74, 6) is 0. The van der Waals surface area contributed by atoms with Crippen LogP contribution < -0.4 is 10.6 Å². The second-order valence-corrected chi connectivity index (χ2v) is 4.91. The van der Waals surface area contributed by atoms with Crippen LogP contribution in [0.1, 0.15) is 0 Å².